The largest absolute Gasteiger partial charge is 0.483 e. The fourth-order valence-electron chi connectivity index (χ4n) is 1.68. The molecule has 0 heterocycles. The van der Waals surface area contributed by atoms with Gasteiger partial charge in [0.2, 0.25) is 0 Å². The van der Waals surface area contributed by atoms with Gasteiger partial charge in [0.15, 0.2) is 6.61 Å². The minimum Gasteiger partial charge on any atom is -0.483 e. The predicted molar refractivity (Wildman–Crippen MR) is 83.8 cm³/mol. The number of amides is 1. The Labute approximate surface area is 132 Å². The van der Waals surface area contributed by atoms with Crippen LogP contribution in [-0.4, -0.2) is 29.6 Å². The normalized spacial score (nSPS) is 12.1. The fraction of sp³-hybridized carbons (Fsp3) is 0.467. The van der Waals surface area contributed by atoms with Gasteiger partial charge in [0.25, 0.3) is 5.91 Å². The van der Waals surface area contributed by atoms with Crippen LogP contribution in [0.15, 0.2) is 16.6 Å². The average Bonchev–Trinajstić information content (AvgIpc) is 2.36. The van der Waals surface area contributed by atoms with Crippen molar-refractivity contribution < 1.29 is 19.4 Å². The van der Waals surface area contributed by atoms with Gasteiger partial charge in [-0.2, -0.15) is 0 Å². The summed E-state index contributed by atoms with van der Waals surface area (Å²) in [5.74, 6) is -0.823. The zero-order valence-electron chi connectivity index (χ0n) is 12.6. The van der Waals surface area contributed by atoms with Crippen molar-refractivity contribution in [3.8, 4) is 5.75 Å². The van der Waals surface area contributed by atoms with Gasteiger partial charge in [0, 0.05) is 10.5 Å². The maximum atomic E-state index is 11.8. The van der Waals surface area contributed by atoms with E-state index in [4.69, 9.17) is 4.74 Å². The van der Waals surface area contributed by atoms with E-state index in [0.717, 1.165) is 0 Å². The Morgan fingerprint density at radius 1 is 1.33 bits per heavy atom. The molecule has 0 fully saturated rings. The van der Waals surface area contributed by atoms with E-state index in [9.17, 15) is 14.7 Å². The fourth-order valence-corrected chi connectivity index (χ4v) is 2.25. The highest BCUT2D eigenvalue weighted by Gasteiger charge is 2.17. The molecular weight excluding hydrogens is 338 g/mol. The first kappa shape index (κ1) is 17.5. The van der Waals surface area contributed by atoms with Crippen molar-refractivity contribution >= 4 is 27.8 Å². The monoisotopic (exact) mass is 357 g/mol. The van der Waals surface area contributed by atoms with Crippen LogP contribution in [0.3, 0.4) is 0 Å². The number of rotatable bonds is 6. The molecule has 1 aromatic carbocycles. The molecule has 0 bridgehead atoms. The number of hydrogen-bond acceptors (Lipinski definition) is 3. The number of carbonyl (C=O) groups is 2. The van der Waals surface area contributed by atoms with Crippen LogP contribution in [0.2, 0.25) is 0 Å². The zero-order chi connectivity index (χ0) is 16.2. The van der Waals surface area contributed by atoms with E-state index in [2.05, 4.69) is 21.2 Å². The molecule has 6 heteroatoms. The van der Waals surface area contributed by atoms with Gasteiger partial charge < -0.3 is 15.2 Å². The number of aromatic carboxylic acids is 1. The van der Waals surface area contributed by atoms with Gasteiger partial charge in [-0.1, -0.05) is 29.8 Å². The Kier molecular flexibility index (Phi) is 6.20. The van der Waals surface area contributed by atoms with Crippen LogP contribution < -0.4 is 10.1 Å². The van der Waals surface area contributed by atoms with Gasteiger partial charge in [-0.25, -0.2) is 4.79 Å². The minimum atomic E-state index is -1.09. The summed E-state index contributed by atoms with van der Waals surface area (Å²) in [5.41, 5.74) is 0.693. The van der Waals surface area contributed by atoms with Crippen LogP contribution in [0, 0.1) is 12.8 Å². The first-order valence-electron chi connectivity index (χ1n) is 6.68. The molecule has 1 aromatic rings. The average molecular weight is 358 g/mol. The van der Waals surface area contributed by atoms with Gasteiger partial charge in [0.1, 0.15) is 11.3 Å². The molecule has 0 spiro atoms. The molecule has 1 rings (SSSR count). The zero-order valence-corrected chi connectivity index (χ0v) is 14.2. The maximum absolute atomic E-state index is 11.8. The Bertz CT molecular complexity index is 543. The van der Waals surface area contributed by atoms with Crippen molar-refractivity contribution in [1.82, 2.24) is 5.32 Å². The van der Waals surface area contributed by atoms with Gasteiger partial charge in [-0.05, 0) is 37.5 Å². The molecule has 0 aliphatic carbocycles. The molecule has 1 atom stereocenters. The van der Waals surface area contributed by atoms with Crippen molar-refractivity contribution in [2.24, 2.45) is 5.92 Å². The highest BCUT2D eigenvalue weighted by molar-refractivity contribution is 9.10. The van der Waals surface area contributed by atoms with Crippen LogP contribution in [0.5, 0.6) is 5.75 Å². The quantitative estimate of drug-likeness (QED) is 0.820. The van der Waals surface area contributed by atoms with Crippen LogP contribution in [-0.2, 0) is 4.79 Å². The predicted octanol–water partition coefficient (Wildman–Crippen LogP) is 3.00. The summed E-state index contributed by atoms with van der Waals surface area (Å²) in [7, 11) is 0. The van der Waals surface area contributed by atoms with Crippen LogP contribution in [0.4, 0.5) is 0 Å². The molecule has 1 amide bonds. The standard InChI is InChI=1S/C15H20BrNO4/c1-8(2)10(4)17-13(18)7-21-14-9(3)5-11(16)6-12(14)15(19)20/h5-6,8,10H,7H2,1-4H3,(H,17,18)(H,19,20). The van der Waals surface area contributed by atoms with Crippen molar-refractivity contribution in [3.63, 3.8) is 0 Å². The number of hydrogen-bond donors (Lipinski definition) is 2. The lowest BCUT2D eigenvalue weighted by molar-refractivity contribution is -0.124. The maximum Gasteiger partial charge on any atom is 0.339 e. The molecule has 116 valence electrons. The van der Waals surface area contributed by atoms with E-state index in [0.29, 0.717) is 16.0 Å². The van der Waals surface area contributed by atoms with E-state index in [1.807, 2.05) is 20.8 Å². The summed E-state index contributed by atoms with van der Waals surface area (Å²) >= 11 is 3.25. The van der Waals surface area contributed by atoms with E-state index in [1.54, 1.807) is 13.0 Å². The lowest BCUT2D eigenvalue weighted by Gasteiger charge is -2.18. The molecule has 0 aliphatic rings. The van der Waals surface area contributed by atoms with E-state index in [1.165, 1.54) is 6.07 Å². The third-order valence-electron chi connectivity index (χ3n) is 3.21. The number of nitrogens with one attached hydrogen (secondary N) is 1. The lowest BCUT2D eigenvalue weighted by atomic mass is 10.1. The van der Waals surface area contributed by atoms with E-state index in [-0.39, 0.29) is 29.9 Å². The van der Waals surface area contributed by atoms with Crippen LogP contribution in [0.1, 0.15) is 36.7 Å². The summed E-state index contributed by atoms with van der Waals surface area (Å²) in [4.78, 5) is 23.0. The first-order chi connectivity index (χ1) is 9.72. The van der Waals surface area contributed by atoms with Gasteiger partial charge in [0.05, 0.1) is 0 Å². The summed E-state index contributed by atoms with van der Waals surface area (Å²) in [6, 6.07) is 3.24. The van der Waals surface area contributed by atoms with Crippen molar-refractivity contribution in [2.45, 2.75) is 33.7 Å². The highest BCUT2D eigenvalue weighted by atomic mass is 79.9. The Morgan fingerprint density at radius 3 is 2.48 bits per heavy atom. The number of carboxylic acid groups (broad SMARTS) is 1. The molecule has 0 saturated carbocycles. The van der Waals surface area contributed by atoms with Crippen LogP contribution >= 0.6 is 15.9 Å². The smallest absolute Gasteiger partial charge is 0.339 e. The number of ether oxygens (including phenoxy) is 1. The molecule has 0 aliphatic heterocycles. The van der Waals surface area contributed by atoms with Gasteiger partial charge in [-0.3, -0.25) is 4.79 Å². The Hall–Kier alpha value is -1.56. The second-order valence-electron chi connectivity index (χ2n) is 5.29. The van der Waals surface area contributed by atoms with Crippen LogP contribution in [0.25, 0.3) is 0 Å². The number of benzene rings is 1. The van der Waals surface area contributed by atoms with Crippen molar-refractivity contribution in [2.75, 3.05) is 6.61 Å². The first-order valence-corrected chi connectivity index (χ1v) is 7.47. The lowest BCUT2D eigenvalue weighted by Crippen LogP contribution is -2.39. The van der Waals surface area contributed by atoms with E-state index < -0.39 is 5.97 Å². The minimum absolute atomic E-state index is 0.0334. The highest BCUT2D eigenvalue weighted by Crippen LogP contribution is 2.28. The molecule has 0 saturated heterocycles. The molecule has 1 unspecified atom stereocenters. The Balaban J connectivity index is 2.80. The van der Waals surface area contributed by atoms with E-state index >= 15 is 0 Å². The summed E-state index contributed by atoms with van der Waals surface area (Å²) < 4.78 is 6.07. The second kappa shape index (κ2) is 7.45. The number of aryl methyl sites for hydroxylation is 1. The molecular formula is C15H20BrNO4. The summed E-state index contributed by atoms with van der Waals surface area (Å²) in [6.07, 6.45) is 0. The second-order valence-corrected chi connectivity index (χ2v) is 6.21. The molecule has 0 aromatic heterocycles. The SMILES string of the molecule is Cc1cc(Br)cc(C(=O)O)c1OCC(=O)NC(C)C(C)C. The number of halogens is 1. The third-order valence-corrected chi connectivity index (χ3v) is 3.66. The number of carbonyl (C=O) groups excluding carboxylic acids is 1. The molecule has 0 radical (unpaired) electrons. The topological polar surface area (TPSA) is 75.6 Å². The molecule has 5 nitrogen and oxygen atoms in total. The van der Waals surface area contributed by atoms with Gasteiger partial charge >= 0.3 is 5.97 Å². The Morgan fingerprint density at radius 2 is 1.95 bits per heavy atom. The molecule has 21 heavy (non-hydrogen) atoms. The van der Waals surface area contributed by atoms with Crippen molar-refractivity contribution in [1.29, 1.82) is 0 Å². The van der Waals surface area contributed by atoms with Gasteiger partial charge in [-0.15, -0.1) is 0 Å². The summed E-state index contributed by atoms with van der Waals surface area (Å²) in [6.45, 7) is 7.46. The molecule has 2 N–H and O–H groups in total. The number of carboxylic acids is 1. The third kappa shape index (κ3) is 5.04. The summed E-state index contributed by atoms with van der Waals surface area (Å²) in [5, 5.41) is 12.0. The van der Waals surface area contributed by atoms with Crippen molar-refractivity contribution in [3.05, 3.63) is 27.7 Å².